The number of unbranched alkanes of at least 4 members (excludes halogenated alkanes) is 2. The van der Waals surface area contributed by atoms with Gasteiger partial charge in [0.25, 0.3) is 0 Å². The van der Waals surface area contributed by atoms with Gasteiger partial charge in [-0.2, -0.15) is 5.26 Å². The van der Waals surface area contributed by atoms with Crippen LogP contribution in [0.2, 0.25) is 0 Å². The average Bonchev–Trinajstić information content (AvgIpc) is 2.03. The van der Waals surface area contributed by atoms with Gasteiger partial charge >= 0.3 is 0 Å². The zero-order valence-corrected chi connectivity index (χ0v) is 6.98. The molecule has 2 nitrogen and oxygen atoms in total. The molecule has 0 fully saturated rings. The molecule has 0 saturated carbocycles. The second-order valence-corrected chi connectivity index (χ2v) is 2.22. The van der Waals surface area contributed by atoms with Crippen molar-refractivity contribution in [2.75, 3.05) is 13.1 Å². The van der Waals surface area contributed by atoms with Crippen molar-refractivity contribution in [2.45, 2.75) is 26.2 Å². The third-order valence-electron chi connectivity index (χ3n) is 1.28. The minimum absolute atomic E-state index is 0.668. The molecule has 0 atom stereocenters. The van der Waals surface area contributed by atoms with Crippen LogP contribution in [0, 0.1) is 23.2 Å². The Bertz CT molecular complexity index is 168. The highest BCUT2D eigenvalue weighted by molar-refractivity contribution is 4.96. The van der Waals surface area contributed by atoms with Gasteiger partial charge < -0.3 is 5.32 Å². The van der Waals surface area contributed by atoms with Crippen LogP contribution in [0.25, 0.3) is 0 Å². The van der Waals surface area contributed by atoms with Gasteiger partial charge in [-0.15, -0.1) is 5.92 Å². The zero-order chi connectivity index (χ0) is 8.36. The molecule has 0 aliphatic carbocycles. The molecule has 60 valence electrons. The lowest BCUT2D eigenvalue weighted by molar-refractivity contribution is 0.668. The Balaban J connectivity index is 2.90. The van der Waals surface area contributed by atoms with Gasteiger partial charge in [-0.1, -0.05) is 5.92 Å². The van der Waals surface area contributed by atoms with Crippen molar-refractivity contribution in [1.29, 1.82) is 5.26 Å². The summed E-state index contributed by atoms with van der Waals surface area (Å²) >= 11 is 0. The van der Waals surface area contributed by atoms with Crippen LogP contribution in [-0.4, -0.2) is 13.1 Å². The number of hydrogen-bond acceptors (Lipinski definition) is 2. The lowest BCUT2D eigenvalue weighted by Gasteiger charge is -1.96. The fourth-order valence-electron chi connectivity index (χ4n) is 0.693. The first kappa shape index (κ1) is 10.0. The van der Waals surface area contributed by atoms with E-state index >= 15 is 0 Å². The van der Waals surface area contributed by atoms with Crippen molar-refractivity contribution in [3.8, 4) is 17.9 Å². The Morgan fingerprint density at radius 2 is 2.18 bits per heavy atom. The Labute approximate surface area is 68.6 Å². The van der Waals surface area contributed by atoms with Gasteiger partial charge in [0.15, 0.2) is 0 Å². The predicted molar refractivity (Wildman–Crippen MR) is 45.8 cm³/mol. The van der Waals surface area contributed by atoms with Crippen molar-refractivity contribution in [1.82, 2.24) is 5.32 Å². The first-order valence-electron chi connectivity index (χ1n) is 3.89. The topological polar surface area (TPSA) is 35.8 Å². The summed E-state index contributed by atoms with van der Waals surface area (Å²) in [5, 5.41) is 11.4. The molecule has 0 saturated heterocycles. The summed E-state index contributed by atoms with van der Waals surface area (Å²) < 4.78 is 0. The van der Waals surface area contributed by atoms with E-state index in [0.29, 0.717) is 6.42 Å². The molecule has 0 radical (unpaired) electrons. The molecule has 1 N–H and O–H groups in total. The summed E-state index contributed by atoms with van der Waals surface area (Å²) in [5.74, 6) is 5.72. The smallest absolute Gasteiger partial charge is 0.0621 e. The molecule has 0 rings (SSSR count). The van der Waals surface area contributed by atoms with Crippen molar-refractivity contribution >= 4 is 0 Å². The first-order chi connectivity index (χ1) is 5.41. The lowest BCUT2D eigenvalue weighted by atomic mass is 10.2. The largest absolute Gasteiger partial charge is 0.306 e. The van der Waals surface area contributed by atoms with Crippen molar-refractivity contribution in [3.63, 3.8) is 0 Å². The van der Waals surface area contributed by atoms with E-state index in [-0.39, 0.29) is 0 Å². The average molecular weight is 150 g/mol. The summed E-state index contributed by atoms with van der Waals surface area (Å²) in [6, 6.07) is 2.11. The standard InChI is InChI=1S/C9H14N2/c1-2-3-8-11-9-6-4-5-7-10/h11H,4-6,8-9H2,1H3. The van der Waals surface area contributed by atoms with E-state index in [1.165, 1.54) is 0 Å². The molecule has 0 aromatic heterocycles. The van der Waals surface area contributed by atoms with Gasteiger partial charge in [0.05, 0.1) is 12.6 Å². The molecule has 0 spiro atoms. The van der Waals surface area contributed by atoms with Crippen molar-refractivity contribution in [2.24, 2.45) is 0 Å². The van der Waals surface area contributed by atoms with E-state index < -0.39 is 0 Å². The van der Waals surface area contributed by atoms with Crippen LogP contribution >= 0.6 is 0 Å². The van der Waals surface area contributed by atoms with Crippen LogP contribution in [0.5, 0.6) is 0 Å². The molecule has 0 amide bonds. The van der Waals surface area contributed by atoms with Gasteiger partial charge in [0, 0.05) is 6.42 Å². The summed E-state index contributed by atoms with van der Waals surface area (Å²) in [5.41, 5.74) is 0. The summed E-state index contributed by atoms with van der Waals surface area (Å²) in [6.07, 6.45) is 2.73. The number of nitrogens with zero attached hydrogens (tertiary/aromatic N) is 1. The highest BCUT2D eigenvalue weighted by atomic mass is 14.8. The SMILES string of the molecule is CC#CCNCCCCC#N. The van der Waals surface area contributed by atoms with Crippen LogP contribution in [0.15, 0.2) is 0 Å². The fourth-order valence-corrected chi connectivity index (χ4v) is 0.693. The van der Waals surface area contributed by atoms with Gasteiger partial charge in [0.2, 0.25) is 0 Å². The Morgan fingerprint density at radius 1 is 1.36 bits per heavy atom. The molecule has 0 aromatic carbocycles. The maximum atomic E-state index is 8.21. The van der Waals surface area contributed by atoms with E-state index in [1.807, 2.05) is 6.92 Å². The monoisotopic (exact) mass is 150 g/mol. The maximum Gasteiger partial charge on any atom is 0.0621 e. The van der Waals surface area contributed by atoms with Crippen LogP contribution in [-0.2, 0) is 0 Å². The molecule has 11 heavy (non-hydrogen) atoms. The Morgan fingerprint density at radius 3 is 2.82 bits per heavy atom. The van der Waals surface area contributed by atoms with E-state index in [9.17, 15) is 0 Å². The number of nitriles is 1. The maximum absolute atomic E-state index is 8.21. The fraction of sp³-hybridized carbons (Fsp3) is 0.667. The highest BCUT2D eigenvalue weighted by Gasteiger charge is 1.85. The van der Waals surface area contributed by atoms with Crippen molar-refractivity contribution in [3.05, 3.63) is 0 Å². The van der Waals surface area contributed by atoms with E-state index in [1.54, 1.807) is 0 Å². The summed E-state index contributed by atoms with van der Waals surface area (Å²) in [4.78, 5) is 0. The van der Waals surface area contributed by atoms with Crippen LogP contribution < -0.4 is 5.32 Å². The number of nitrogens with one attached hydrogen (secondary N) is 1. The van der Waals surface area contributed by atoms with Crippen LogP contribution in [0.1, 0.15) is 26.2 Å². The quantitative estimate of drug-likeness (QED) is 0.473. The van der Waals surface area contributed by atoms with E-state index in [4.69, 9.17) is 5.26 Å². The molecule has 0 aliphatic rings. The minimum Gasteiger partial charge on any atom is -0.306 e. The van der Waals surface area contributed by atoms with E-state index in [2.05, 4.69) is 23.2 Å². The van der Waals surface area contributed by atoms with Crippen molar-refractivity contribution < 1.29 is 0 Å². The zero-order valence-electron chi connectivity index (χ0n) is 6.98. The normalized spacial score (nSPS) is 8.00. The van der Waals surface area contributed by atoms with Crippen LogP contribution in [0.4, 0.5) is 0 Å². The van der Waals surface area contributed by atoms with Gasteiger partial charge in [-0.05, 0) is 26.3 Å². The predicted octanol–water partition coefficient (Wildman–Crippen LogP) is 1.29. The highest BCUT2D eigenvalue weighted by Crippen LogP contribution is 1.90. The second kappa shape index (κ2) is 9.01. The summed E-state index contributed by atoms with van der Waals surface area (Å²) in [7, 11) is 0. The molecular formula is C9H14N2. The third-order valence-corrected chi connectivity index (χ3v) is 1.28. The van der Waals surface area contributed by atoms with Crippen LogP contribution in [0.3, 0.4) is 0 Å². The summed E-state index contributed by atoms with van der Waals surface area (Å²) in [6.45, 7) is 3.57. The first-order valence-corrected chi connectivity index (χ1v) is 3.89. The molecule has 0 bridgehead atoms. The second-order valence-electron chi connectivity index (χ2n) is 2.22. The van der Waals surface area contributed by atoms with E-state index in [0.717, 1.165) is 25.9 Å². The Kier molecular flexibility index (Phi) is 8.20. The van der Waals surface area contributed by atoms with Gasteiger partial charge in [0.1, 0.15) is 0 Å². The molecule has 0 aromatic rings. The molecular weight excluding hydrogens is 136 g/mol. The number of hydrogen-bond donors (Lipinski definition) is 1. The van der Waals surface area contributed by atoms with Gasteiger partial charge in [-0.3, -0.25) is 0 Å². The molecule has 0 heterocycles. The lowest BCUT2D eigenvalue weighted by Crippen LogP contribution is -2.14. The molecule has 0 unspecified atom stereocenters. The minimum atomic E-state index is 0.668. The molecule has 0 aliphatic heterocycles. The Hall–Kier alpha value is -0.990. The third kappa shape index (κ3) is 9.01. The number of rotatable bonds is 5. The van der Waals surface area contributed by atoms with Gasteiger partial charge in [-0.25, -0.2) is 0 Å². The molecule has 2 heteroatoms.